The van der Waals surface area contributed by atoms with Crippen LogP contribution in [-0.4, -0.2) is 29.6 Å². The number of esters is 1. The zero-order chi connectivity index (χ0) is 10.6. The Kier molecular flexibility index (Phi) is 3.47. The van der Waals surface area contributed by atoms with Crippen LogP contribution in [0.5, 0.6) is 0 Å². The van der Waals surface area contributed by atoms with Crippen molar-refractivity contribution in [2.75, 3.05) is 7.11 Å². The van der Waals surface area contributed by atoms with Gasteiger partial charge in [-0.1, -0.05) is 0 Å². The summed E-state index contributed by atoms with van der Waals surface area (Å²) in [6.07, 6.45) is 0.973. The Balaban J connectivity index is 2.58. The molecule has 0 spiro atoms. The Labute approximate surface area is 83.7 Å². The van der Waals surface area contributed by atoms with E-state index in [0.717, 1.165) is 18.4 Å². The molecule has 0 atom stereocenters. The summed E-state index contributed by atoms with van der Waals surface area (Å²) in [7, 11) is 1.09. The molecular formula is C8H7NO4S. The Morgan fingerprint density at radius 3 is 2.71 bits per heavy atom. The van der Waals surface area contributed by atoms with Gasteiger partial charge in [-0.05, 0) is 0 Å². The van der Waals surface area contributed by atoms with Gasteiger partial charge in [-0.3, -0.25) is 9.59 Å². The van der Waals surface area contributed by atoms with Crippen LogP contribution in [0, 0.1) is 0 Å². The second-order valence-electron chi connectivity index (χ2n) is 2.35. The van der Waals surface area contributed by atoms with Crippen molar-refractivity contribution in [1.29, 1.82) is 0 Å². The van der Waals surface area contributed by atoms with Crippen LogP contribution in [0.1, 0.15) is 16.2 Å². The number of nitrogens with zero attached hydrogens (tertiary/aromatic N) is 1. The molecule has 0 aliphatic rings. The zero-order valence-electron chi connectivity index (χ0n) is 7.35. The fraction of sp³-hybridized carbons (Fsp3) is 0.250. The summed E-state index contributed by atoms with van der Waals surface area (Å²) in [5.41, 5.74) is 0. The lowest BCUT2D eigenvalue weighted by molar-refractivity contribution is -0.151. The lowest BCUT2D eigenvalue weighted by atomic mass is 10.2. The van der Waals surface area contributed by atoms with Crippen molar-refractivity contribution >= 4 is 28.9 Å². The lowest BCUT2D eigenvalue weighted by Crippen LogP contribution is -2.19. The normalized spacial score (nSPS) is 9.50. The Morgan fingerprint density at radius 2 is 2.21 bits per heavy atom. The quantitative estimate of drug-likeness (QED) is 0.314. The molecule has 5 nitrogen and oxygen atoms in total. The number of hydrogen-bond acceptors (Lipinski definition) is 6. The number of ether oxygens (including phenoxy) is 1. The number of methoxy groups -OCH3 is 1. The minimum atomic E-state index is -1.00. The summed E-state index contributed by atoms with van der Waals surface area (Å²) in [4.78, 5) is 36.6. The van der Waals surface area contributed by atoms with Gasteiger partial charge in [0.1, 0.15) is 0 Å². The van der Waals surface area contributed by atoms with Gasteiger partial charge in [-0.15, -0.1) is 11.3 Å². The first-order chi connectivity index (χ1) is 6.65. The summed E-state index contributed by atoms with van der Waals surface area (Å²) >= 11 is 1.13. The second kappa shape index (κ2) is 4.61. The van der Waals surface area contributed by atoms with E-state index in [1.807, 2.05) is 0 Å². The largest absolute Gasteiger partial charge is 0.463 e. The molecule has 1 aromatic rings. The molecule has 0 fully saturated rings. The number of hydrogen-bond donors (Lipinski definition) is 0. The van der Waals surface area contributed by atoms with Crippen molar-refractivity contribution in [2.24, 2.45) is 0 Å². The van der Waals surface area contributed by atoms with E-state index in [2.05, 4.69) is 9.72 Å². The molecule has 0 aromatic carbocycles. The van der Waals surface area contributed by atoms with E-state index in [9.17, 15) is 14.4 Å². The first-order valence-electron chi connectivity index (χ1n) is 3.69. The van der Waals surface area contributed by atoms with Crippen LogP contribution < -0.4 is 0 Å². The van der Waals surface area contributed by atoms with E-state index in [-0.39, 0.29) is 5.01 Å². The van der Waals surface area contributed by atoms with Crippen LogP contribution in [0.3, 0.4) is 0 Å². The maximum absolute atomic E-state index is 11.3. The molecule has 0 radical (unpaired) electrons. The first kappa shape index (κ1) is 10.5. The van der Waals surface area contributed by atoms with Crippen LogP contribution in [-0.2, 0) is 14.3 Å². The van der Waals surface area contributed by atoms with E-state index < -0.39 is 24.0 Å². The number of rotatable bonds is 4. The lowest BCUT2D eigenvalue weighted by Gasteiger charge is -1.95. The van der Waals surface area contributed by atoms with Crippen molar-refractivity contribution in [2.45, 2.75) is 6.42 Å². The third-order valence-electron chi connectivity index (χ3n) is 1.41. The predicted octanol–water partition coefficient (Wildman–Crippen LogP) is 0.458. The highest BCUT2D eigenvalue weighted by molar-refractivity contribution is 7.11. The van der Waals surface area contributed by atoms with Crippen LogP contribution in [0.4, 0.5) is 0 Å². The van der Waals surface area contributed by atoms with Gasteiger partial charge in [-0.25, -0.2) is 9.78 Å². The molecule has 6 heteroatoms. The van der Waals surface area contributed by atoms with E-state index in [1.165, 1.54) is 6.20 Å². The molecule has 0 saturated carbocycles. The van der Waals surface area contributed by atoms with E-state index in [4.69, 9.17) is 0 Å². The fourth-order valence-corrected chi connectivity index (χ4v) is 1.34. The van der Waals surface area contributed by atoms with Crippen LogP contribution >= 0.6 is 11.3 Å². The van der Waals surface area contributed by atoms with Gasteiger partial charge >= 0.3 is 5.97 Å². The molecule has 0 saturated heterocycles. The Morgan fingerprint density at radius 1 is 1.50 bits per heavy atom. The summed E-state index contributed by atoms with van der Waals surface area (Å²) in [5, 5.41) is 1.85. The molecule has 1 aromatic heterocycles. The summed E-state index contributed by atoms with van der Waals surface area (Å²) in [6, 6.07) is 0. The molecule has 1 rings (SSSR count). The van der Waals surface area contributed by atoms with E-state index >= 15 is 0 Å². The van der Waals surface area contributed by atoms with Crippen LogP contribution in [0.25, 0.3) is 0 Å². The molecule has 74 valence electrons. The standard InChI is InChI=1S/C8H7NO4S/c1-13-8(12)6(11)4-5(10)7-9-2-3-14-7/h2-3H,4H2,1H3. The number of ketones is 2. The molecule has 0 bridgehead atoms. The predicted molar refractivity (Wildman–Crippen MR) is 48.1 cm³/mol. The highest BCUT2D eigenvalue weighted by Gasteiger charge is 2.20. The maximum atomic E-state index is 11.3. The molecule has 0 N–H and O–H groups in total. The maximum Gasteiger partial charge on any atom is 0.374 e. The summed E-state index contributed by atoms with van der Waals surface area (Å²) in [6.45, 7) is 0. The van der Waals surface area contributed by atoms with E-state index in [1.54, 1.807) is 5.38 Å². The molecular weight excluding hydrogens is 206 g/mol. The second-order valence-corrected chi connectivity index (χ2v) is 3.25. The third-order valence-corrected chi connectivity index (χ3v) is 2.22. The smallest absolute Gasteiger partial charge is 0.374 e. The van der Waals surface area contributed by atoms with Crippen LogP contribution in [0.15, 0.2) is 11.6 Å². The van der Waals surface area contributed by atoms with E-state index in [0.29, 0.717) is 0 Å². The van der Waals surface area contributed by atoms with Gasteiger partial charge < -0.3 is 4.74 Å². The van der Waals surface area contributed by atoms with Crippen molar-refractivity contribution in [1.82, 2.24) is 4.98 Å². The monoisotopic (exact) mass is 213 g/mol. The zero-order valence-corrected chi connectivity index (χ0v) is 8.17. The van der Waals surface area contributed by atoms with Crippen molar-refractivity contribution in [3.8, 4) is 0 Å². The topological polar surface area (TPSA) is 73.3 Å². The van der Waals surface area contributed by atoms with Gasteiger partial charge in [0.2, 0.25) is 5.78 Å². The average Bonchev–Trinajstić information content (AvgIpc) is 2.69. The highest BCUT2D eigenvalue weighted by atomic mass is 32.1. The molecule has 0 aliphatic heterocycles. The minimum Gasteiger partial charge on any atom is -0.463 e. The number of aromatic nitrogens is 1. The Hall–Kier alpha value is -1.56. The average molecular weight is 213 g/mol. The van der Waals surface area contributed by atoms with Gasteiger partial charge in [0.15, 0.2) is 10.8 Å². The van der Waals surface area contributed by atoms with Gasteiger partial charge in [0.25, 0.3) is 0 Å². The first-order valence-corrected chi connectivity index (χ1v) is 4.57. The van der Waals surface area contributed by atoms with Gasteiger partial charge in [-0.2, -0.15) is 0 Å². The number of carbonyl (C=O) groups is 3. The Bertz CT molecular complexity index is 357. The summed E-state index contributed by atoms with van der Waals surface area (Å²) < 4.78 is 4.17. The third kappa shape index (κ3) is 2.46. The van der Waals surface area contributed by atoms with Crippen LogP contribution in [0.2, 0.25) is 0 Å². The number of carbonyl (C=O) groups excluding carboxylic acids is 3. The number of Topliss-reactive ketones (excluding diaryl/α,β-unsaturated/α-hetero) is 2. The van der Waals surface area contributed by atoms with Crippen molar-refractivity contribution < 1.29 is 19.1 Å². The highest BCUT2D eigenvalue weighted by Crippen LogP contribution is 2.07. The number of thiazole rings is 1. The van der Waals surface area contributed by atoms with Gasteiger partial charge in [0.05, 0.1) is 13.5 Å². The molecule has 0 aliphatic carbocycles. The van der Waals surface area contributed by atoms with Crippen molar-refractivity contribution in [3.05, 3.63) is 16.6 Å². The van der Waals surface area contributed by atoms with Crippen molar-refractivity contribution in [3.63, 3.8) is 0 Å². The SMILES string of the molecule is COC(=O)C(=O)CC(=O)c1nccs1. The molecule has 14 heavy (non-hydrogen) atoms. The molecule has 0 amide bonds. The summed E-state index contributed by atoms with van der Waals surface area (Å²) in [5.74, 6) is -2.32. The van der Waals surface area contributed by atoms with Gasteiger partial charge in [0, 0.05) is 11.6 Å². The molecule has 1 heterocycles. The molecule has 0 unspecified atom stereocenters. The fourth-order valence-electron chi connectivity index (χ4n) is 0.769. The minimum absolute atomic E-state index is 0.224.